The lowest BCUT2D eigenvalue weighted by atomic mass is 10.2. The Bertz CT molecular complexity index is 1220. The second-order valence-electron chi connectivity index (χ2n) is 7.87. The second kappa shape index (κ2) is 8.92. The van der Waals surface area contributed by atoms with Gasteiger partial charge >= 0.3 is 0 Å². The molecule has 1 saturated heterocycles. The maximum absolute atomic E-state index is 5.57. The molecular formula is C24H27N7O. The molecule has 5 rings (SSSR count). The minimum atomic E-state index is 0.538. The molecule has 3 aromatic heterocycles. The van der Waals surface area contributed by atoms with Crippen LogP contribution in [-0.2, 0) is 17.8 Å². The van der Waals surface area contributed by atoms with E-state index in [1.54, 1.807) is 12.4 Å². The first-order chi connectivity index (χ1) is 15.7. The molecule has 0 amide bonds. The molecule has 1 aliphatic rings. The van der Waals surface area contributed by atoms with Crippen LogP contribution in [-0.4, -0.2) is 50.8 Å². The van der Waals surface area contributed by atoms with Crippen molar-refractivity contribution in [2.45, 2.75) is 26.9 Å². The van der Waals surface area contributed by atoms with Gasteiger partial charge in [-0.1, -0.05) is 12.1 Å². The van der Waals surface area contributed by atoms with Gasteiger partial charge in [0, 0.05) is 43.3 Å². The number of hydrogen-bond acceptors (Lipinski definition) is 7. The molecule has 1 N–H and O–H groups in total. The highest BCUT2D eigenvalue weighted by molar-refractivity contribution is 5.87. The summed E-state index contributed by atoms with van der Waals surface area (Å²) in [5.41, 5.74) is 4.98. The second-order valence-corrected chi connectivity index (χ2v) is 7.87. The minimum Gasteiger partial charge on any atom is -0.378 e. The van der Waals surface area contributed by atoms with Crippen molar-refractivity contribution >= 4 is 22.7 Å². The maximum atomic E-state index is 5.57. The van der Waals surface area contributed by atoms with Gasteiger partial charge in [-0.15, -0.1) is 0 Å². The summed E-state index contributed by atoms with van der Waals surface area (Å²) in [6, 6.07) is 12.3. The van der Waals surface area contributed by atoms with E-state index >= 15 is 0 Å². The number of fused-ring (bicyclic) bond motifs is 1. The summed E-state index contributed by atoms with van der Waals surface area (Å²) >= 11 is 0. The third-order valence-corrected chi connectivity index (χ3v) is 5.66. The Balaban J connectivity index is 1.60. The number of nitrogens with one attached hydrogen (secondary N) is 1. The minimum absolute atomic E-state index is 0.538. The van der Waals surface area contributed by atoms with Crippen LogP contribution in [0.3, 0.4) is 0 Å². The van der Waals surface area contributed by atoms with E-state index in [2.05, 4.69) is 51.8 Å². The van der Waals surface area contributed by atoms with Gasteiger partial charge in [-0.2, -0.15) is 0 Å². The highest BCUT2D eigenvalue weighted by atomic mass is 16.5. The van der Waals surface area contributed by atoms with E-state index in [0.29, 0.717) is 19.8 Å². The first-order valence-electron chi connectivity index (χ1n) is 11.0. The van der Waals surface area contributed by atoms with Crippen molar-refractivity contribution in [3.63, 3.8) is 0 Å². The van der Waals surface area contributed by atoms with Crippen LogP contribution in [0.15, 0.2) is 48.8 Å². The topological polar surface area (TPSA) is 81.0 Å². The molecule has 0 spiro atoms. The lowest BCUT2D eigenvalue weighted by Crippen LogP contribution is -2.37. The van der Waals surface area contributed by atoms with Gasteiger partial charge in [0.2, 0.25) is 0 Å². The molecule has 1 aliphatic heterocycles. The number of anilines is 2. The standard InChI is InChI=1S/C24H27N7O/c1-3-31-22(18-7-9-25-10-8-18)29-21-23(30-11-13-32-14-12-30)27-20(28-24(21)31)16-26-19-6-4-5-17(2)15-19/h4-10,15,26H,3,11-14,16H2,1-2H3. The summed E-state index contributed by atoms with van der Waals surface area (Å²) in [7, 11) is 0. The summed E-state index contributed by atoms with van der Waals surface area (Å²) in [5, 5.41) is 3.47. The normalized spacial score (nSPS) is 14.1. The first kappa shape index (κ1) is 20.4. The molecule has 4 heterocycles. The van der Waals surface area contributed by atoms with Gasteiger partial charge in [0.15, 0.2) is 22.8 Å². The lowest BCUT2D eigenvalue weighted by Gasteiger charge is -2.28. The number of pyridine rings is 1. The van der Waals surface area contributed by atoms with Gasteiger partial charge in [0.25, 0.3) is 0 Å². The van der Waals surface area contributed by atoms with Gasteiger partial charge < -0.3 is 19.5 Å². The molecule has 8 nitrogen and oxygen atoms in total. The largest absolute Gasteiger partial charge is 0.378 e. The Morgan fingerprint density at radius 1 is 1.03 bits per heavy atom. The third kappa shape index (κ3) is 4.01. The predicted molar refractivity (Wildman–Crippen MR) is 126 cm³/mol. The fourth-order valence-corrected chi connectivity index (χ4v) is 4.06. The monoisotopic (exact) mass is 429 g/mol. The number of rotatable bonds is 6. The van der Waals surface area contributed by atoms with Crippen LogP contribution < -0.4 is 10.2 Å². The lowest BCUT2D eigenvalue weighted by molar-refractivity contribution is 0.122. The van der Waals surface area contributed by atoms with Gasteiger partial charge in [0.05, 0.1) is 19.8 Å². The number of imidazole rings is 1. The average Bonchev–Trinajstić information content (AvgIpc) is 3.22. The van der Waals surface area contributed by atoms with E-state index in [4.69, 9.17) is 19.7 Å². The summed E-state index contributed by atoms with van der Waals surface area (Å²) in [6.07, 6.45) is 3.58. The van der Waals surface area contributed by atoms with Crippen LogP contribution >= 0.6 is 0 Å². The molecule has 0 unspecified atom stereocenters. The number of aryl methyl sites for hydroxylation is 2. The number of ether oxygens (including phenoxy) is 1. The van der Waals surface area contributed by atoms with Crippen LogP contribution in [0.5, 0.6) is 0 Å². The molecule has 0 atom stereocenters. The highest BCUT2D eigenvalue weighted by Gasteiger charge is 2.23. The van der Waals surface area contributed by atoms with Crippen LogP contribution in [0, 0.1) is 6.92 Å². The smallest absolute Gasteiger partial charge is 0.166 e. The average molecular weight is 430 g/mol. The van der Waals surface area contributed by atoms with E-state index < -0.39 is 0 Å². The summed E-state index contributed by atoms with van der Waals surface area (Å²) in [6.45, 7) is 8.47. The molecule has 0 aliphatic carbocycles. The van der Waals surface area contributed by atoms with Crippen LogP contribution in [0.2, 0.25) is 0 Å². The van der Waals surface area contributed by atoms with Crippen molar-refractivity contribution < 1.29 is 4.74 Å². The van der Waals surface area contributed by atoms with E-state index in [1.807, 2.05) is 18.2 Å². The quantitative estimate of drug-likeness (QED) is 0.501. The molecule has 0 saturated carbocycles. The number of hydrogen-bond donors (Lipinski definition) is 1. The van der Waals surface area contributed by atoms with Crippen molar-refractivity contribution in [2.24, 2.45) is 0 Å². The van der Waals surface area contributed by atoms with Crippen molar-refractivity contribution in [3.05, 3.63) is 60.2 Å². The Morgan fingerprint density at radius 3 is 2.59 bits per heavy atom. The maximum Gasteiger partial charge on any atom is 0.166 e. The Morgan fingerprint density at radius 2 is 1.84 bits per heavy atom. The van der Waals surface area contributed by atoms with Crippen LogP contribution in [0.4, 0.5) is 11.5 Å². The fourth-order valence-electron chi connectivity index (χ4n) is 4.06. The van der Waals surface area contributed by atoms with Gasteiger partial charge in [-0.3, -0.25) is 4.98 Å². The molecular weight excluding hydrogens is 402 g/mol. The Labute approximate surface area is 187 Å². The van der Waals surface area contributed by atoms with Crippen molar-refractivity contribution in [3.8, 4) is 11.4 Å². The molecule has 0 radical (unpaired) electrons. The summed E-state index contributed by atoms with van der Waals surface area (Å²) in [4.78, 5) is 21.3. The third-order valence-electron chi connectivity index (χ3n) is 5.66. The number of aromatic nitrogens is 5. The van der Waals surface area contributed by atoms with Gasteiger partial charge in [-0.05, 0) is 43.7 Å². The number of benzene rings is 1. The molecule has 1 fully saturated rings. The number of morpholine rings is 1. The number of nitrogens with zero attached hydrogens (tertiary/aromatic N) is 6. The van der Waals surface area contributed by atoms with Crippen molar-refractivity contribution in [1.29, 1.82) is 0 Å². The van der Waals surface area contributed by atoms with Crippen LogP contribution in [0.1, 0.15) is 18.3 Å². The zero-order valence-electron chi connectivity index (χ0n) is 18.5. The van der Waals surface area contributed by atoms with E-state index in [9.17, 15) is 0 Å². The zero-order chi connectivity index (χ0) is 21.9. The molecule has 1 aromatic carbocycles. The fraction of sp³-hybridized carbons (Fsp3) is 0.333. The van der Waals surface area contributed by atoms with Gasteiger partial charge in [0.1, 0.15) is 5.82 Å². The first-order valence-corrected chi connectivity index (χ1v) is 11.0. The molecule has 8 heteroatoms. The van der Waals surface area contributed by atoms with Gasteiger partial charge in [-0.25, -0.2) is 15.0 Å². The highest BCUT2D eigenvalue weighted by Crippen LogP contribution is 2.29. The molecule has 32 heavy (non-hydrogen) atoms. The van der Waals surface area contributed by atoms with E-state index in [0.717, 1.165) is 59.5 Å². The Hall–Kier alpha value is -3.52. The molecule has 4 aromatic rings. The van der Waals surface area contributed by atoms with E-state index in [1.165, 1.54) is 5.56 Å². The van der Waals surface area contributed by atoms with Crippen molar-refractivity contribution in [1.82, 2.24) is 24.5 Å². The summed E-state index contributed by atoms with van der Waals surface area (Å²) in [5.74, 6) is 2.51. The SMILES string of the molecule is CCn1c(-c2ccncc2)nc2c(N3CCOCC3)nc(CNc3cccc(C)c3)nc21. The van der Waals surface area contributed by atoms with E-state index in [-0.39, 0.29) is 0 Å². The zero-order valence-corrected chi connectivity index (χ0v) is 18.5. The predicted octanol–water partition coefficient (Wildman–Crippen LogP) is 3.67. The molecule has 164 valence electrons. The Kier molecular flexibility index (Phi) is 5.68. The molecule has 0 bridgehead atoms. The van der Waals surface area contributed by atoms with Crippen molar-refractivity contribution in [2.75, 3.05) is 36.5 Å². The van der Waals surface area contributed by atoms with Crippen LogP contribution in [0.25, 0.3) is 22.6 Å². The summed E-state index contributed by atoms with van der Waals surface area (Å²) < 4.78 is 7.73.